The van der Waals surface area contributed by atoms with Crippen LogP contribution in [0.25, 0.3) is 0 Å². The lowest BCUT2D eigenvalue weighted by molar-refractivity contribution is 0.850. The van der Waals surface area contributed by atoms with Gasteiger partial charge in [0.15, 0.2) is 0 Å². The molecule has 0 bridgehead atoms. The van der Waals surface area contributed by atoms with Crippen LogP contribution in [0.3, 0.4) is 0 Å². The Morgan fingerprint density at radius 1 is 1.06 bits per heavy atom. The van der Waals surface area contributed by atoms with Gasteiger partial charge in [0.1, 0.15) is 0 Å². The van der Waals surface area contributed by atoms with E-state index in [-0.39, 0.29) is 17.0 Å². The first-order valence-electron chi connectivity index (χ1n) is 5.28. The highest BCUT2D eigenvalue weighted by atomic mass is 79.9. The molecule has 0 amide bonds. The highest BCUT2D eigenvalue weighted by molar-refractivity contribution is 9.09. The minimum Gasteiger partial charge on any atom is -0.358 e. The number of halogens is 2. The number of benzene rings is 1. The maximum atomic E-state index is 3.51. The summed E-state index contributed by atoms with van der Waals surface area (Å²) < 4.78 is 0. The van der Waals surface area contributed by atoms with Crippen molar-refractivity contribution in [2.24, 2.45) is 0 Å². The molecule has 1 nitrogen and oxygen atoms in total. The quantitative estimate of drug-likeness (QED) is 0.682. The normalized spacial score (nSPS) is 9.71. The number of rotatable bonds is 5. The maximum absolute atomic E-state index is 3.51. The van der Waals surface area contributed by atoms with Crippen molar-refractivity contribution in [2.75, 3.05) is 16.8 Å². The third kappa shape index (κ3) is 4.45. The van der Waals surface area contributed by atoms with E-state index in [9.17, 15) is 0 Å². The standard InChI is InChI=1S/C13H14BrNS.BrH/c14-8-9-15(13-7-4-10-16-13)11-12-5-2-1-3-6-12;/h1-7,10H,8-9,11H2;1H. The first-order valence-corrected chi connectivity index (χ1v) is 7.28. The van der Waals surface area contributed by atoms with Gasteiger partial charge < -0.3 is 4.90 Å². The number of nitrogens with zero attached hydrogens (tertiary/aromatic N) is 1. The van der Waals surface area contributed by atoms with E-state index in [1.807, 2.05) is 0 Å². The zero-order valence-electron chi connectivity index (χ0n) is 9.38. The van der Waals surface area contributed by atoms with Crippen LogP contribution in [-0.2, 0) is 6.54 Å². The van der Waals surface area contributed by atoms with Crippen molar-refractivity contribution < 1.29 is 0 Å². The van der Waals surface area contributed by atoms with Gasteiger partial charge in [-0.25, -0.2) is 0 Å². The van der Waals surface area contributed by atoms with Crippen molar-refractivity contribution in [1.29, 1.82) is 0 Å². The van der Waals surface area contributed by atoms with Gasteiger partial charge in [0, 0.05) is 18.4 Å². The van der Waals surface area contributed by atoms with Crippen LogP contribution in [0.4, 0.5) is 5.00 Å². The van der Waals surface area contributed by atoms with Crippen molar-refractivity contribution in [3.8, 4) is 0 Å². The topological polar surface area (TPSA) is 3.24 Å². The lowest BCUT2D eigenvalue weighted by Gasteiger charge is -2.22. The van der Waals surface area contributed by atoms with E-state index in [0.717, 1.165) is 18.4 Å². The van der Waals surface area contributed by atoms with E-state index in [1.54, 1.807) is 11.3 Å². The first kappa shape index (κ1) is 14.7. The summed E-state index contributed by atoms with van der Waals surface area (Å²) in [7, 11) is 0. The van der Waals surface area contributed by atoms with Crippen molar-refractivity contribution in [3.05, 3.63) is 53.4 Å². The van der Waals surface area contributed by atoms with Crippen molar-refractivity contribution in [3.63, 3.8) is 0 Å². The van der Waals surface area contributed by atoms with Crippen molar-refractivity contribution in [2.45, 2.75) is 6.54 Å². The van der Waals surface area contributed by atoms with E-state index in [2.05, 4.69) is 68.7 Å². The lowest BCUT2D eigenvalue weighted by atomic mass is 10.2. The molecule has 0 saturated carbocycles. The highest BCUT2D eigenvalue weighted by Crippen LogP contribution is 2.23. The van der Waals surface area contributed by atoms with Gasteiger partial charge in [-0.1, -0.05) is 46.3 Å². The van der Waals surface area contributed by atoms with Crippen LogP contribution >= 0.6 is 44.2 Å². The van der Waals surface area contributed by atoms with Gasteiger partial charge in [-0.2, -0.15) is 0 Å². The van der Waals surface area contributed by atoms with Gasteiger partial charge in [0.2, 0.25) is 0 Å². The fraction of sp³-hybridized carbons (Fsp3) is 0.231. The minimum absolute atomic E-state index is 0. The van der Waals surface area contributed by atoms with Gasteiger partial charge in [-0.05, 0) is 23.1 Å². The molecule has 1 heterocycles. The van der Waals surface area contributed by atoms with Gasteiger partial charge >= 0.3 is 0 Å². The molecule has 0 aliphatic heterocycles. The molecule has 0 N–H and O–H groups in total. The van der Waals surface area contributed by atoms with Crippen LogP contribution < -0.4 is 4.90 Å². The smallest absolute Gasteiger partial charge is 0.0911 e. The van der Waals surface area contributed by atoms with E-state index >= 15 is 0 Å². The van der Waals surface area contributed by atoms with Crippen LogP contribution in [-0.4, -0.2) is 11.9 Å². The Morgan fingerprint density at radius 3 is 2.41 bits per heavy atom. The van der Waals surface area contributed by atoms with Crippen LogP contribution in [0.2, 0.25) is 0 Å². The largest absolute Gasteiger partial charge is 0.358 e. The predicted octanol–water partition coefficient (Wildman–Crippen LogP) is 4.73. The summed E-state index contributed by atoms with van der Waals surface area (Å²) in [6, 6.07) is 14.9. The number of alkyl halides is 1. The van der Waals surface area contributed by atoms with E-state index in [0.29, 0.717) is 0 Å². The van der Waals surface area contributed by atoms with Gasteiger partial charge in [0.25, 0.3) is 0 Å². The van der Waals surface area contributed by atoms with Gasteiger partial charge in [0.05, 0.1) is 5.00 Å². The summed E-state index contributed by atoms with van der Waals surface area (Å²) in [5, 5.41) is 4.46. The van der Waals surface area contributed by atoms with Crippen molar-refractivity contribution >= 4 is 49.2 Å². The monoisotopic (exact) mass is 375 g/mol. The Balaban J connectivity index is 0.00000144. The summed E-state index contributed by atoms with van der Waals surface area (Å²) in [4.78, 5) is 2.40. The van der Waals surface area contributed by atoms with E-state index in [4.69, 9.17) is 0 Å². The molecule has 0 radical (unpaired) electrons. The molecule has 0 saturated heterocycles. The molecule has 0 aliphatic carbocycles. The predicted molar refractivity (Wildman–Crippen MR) is 85.9 cm³/mol. The Labute approximate surface area is 125 Å². The van der Waals surface area contributed by atoms with E-state index < -0.39 is 0 Å². The van der Waals surface area contributed by atoms with Crippen LogP contribution in [0.1, 0.15) is 5.56 Å². The highest BCUT2D eigenvalue weighted by Gasteiger charge is 2.06. The molecule has 0 spiro atoms. The number of hydrogen-bond donors (Lipinski definition) is 0. The SMILES string of the molecule is Br.BrCCN(Cc1ccccc1)c1cccs1. The number of anilines is 1. The third-order valence-electron chi connectivity index (χ3n) is 2.39. The Hall–Kier alpha value is -0.320. The summed E-state index contributed by atoms with van der Waals surface area (Å²) in [5.41, 5.74) is 1.36. The van der Waals surface area contributed by atoms with Gasteiger partial charge in [-0.15, -0.1) is 28.3 Å². The van der Waals surface area contributed by atoms with Crippen molar-refractivity contribution in [1.82, 2.24) is 0 Å². The van der Waals surface area contributed by atoms with Gasteiger partial charge in [-0.3, -0.25) is 0 Å². The van der Waals surface area contributed by atoms with Crippen LogP contribution in [0, 0.1) is 0 Å². The number of thiophene rings is 1. The molecule has 17 heavy (non-hydrogen) atoms. The molecule has 4 heteroatoms. The third-order valence-corrected chi connectivity index (χ3v) is 3.67. The summed E-state index contributed by atoms with van der Waals surface area (Å²) in [5.74, 6) is 0. The second-order valence-electron chi connectivity index (χ2n) is 3.55. The summed E-state index contributed by atoms with van der Waals surface area (Å²) in [6.45, 7) is 2.02. The molecule has 1 aromatic carbocycles. The molecule has 0 unspecified atom stereocenters. The molecule has 92 valence electrons. The number of hydrogen-bond acceptors (Lipinski definition) is 2. The Morgan fingerprint density at radius 2 is 1.82 bits per heavy atom. The zero-order chi connectivity index (χ0) is 11.2. The fourth-order valence-corrected chi connectivity index (χ4v) is 2.81. The average Bonchev–Trinajstić information content (AvgIpc) is 2.83. The molecule has 1 aromatic heterocycles. The molecule has 0 aliphatic rings. The Kier molecular flexibility index (Phi) is 6.85. The first-order chi connectivity index (χ1) is 7.90. The second kappa shape index (κ2) is 7.90. The lowest BCUT2D eigenvalue weighted by Crippen LogP contribution is -2.23. The fourth-order valence-electron chi connectivity index (χ4n) is 1.62. The molecular weight excluding hydrogens is 362 g/mol. The Bertz CT molecular complexity index is 403. The molecular formula is C13H15Br2NS. The summed E-state index contributed by atoms with van der Waals surface area (Å²) >= 11 is 5.31. The molecule has 2 aromatic rings. The average molecular weight is 377 g/mol. The summed E-state index contributed by atoms with van der Waals surface area (Å²) in [6.07, 6.45) is 0. The van der Waals surface area contributed by atoms with E-state index in [1.165, 1.54) is 10.6 Å². The maximum Gasteiger partial charge on any atom is 0.0911 e. The van der Waals surface area contributed by atoms with Crippen LogP contribution in [0.5, 0.6) is 0 Å². The molecule has 2 rings (SSSR count). The zero-order valence-corrected chi connectivity index (χ0v) is 13.5. The second-order valence-corrected chi connectivity index (χ2v) is 5.27. The van der Waals surface area contributed by atoms with Crippen LogP contribution in [0.15, 0.2) is 47.8 Å². The minimum atomic E-state index is 0. The molecule has 0 fully saturated rings. The molecule has 0 atom stereocenters.